The first-order chi connectivity index (χ1) is 8.76. The Balaban J connectivity index is 1.77. The van der Waals surface area contributed by atoms with Crippen molar-refractivity contribution in [2.45, 2.75) is 25.3 Å². The van der Waals surface area contributed by atoms with Crippen LogP contribution in [0.4, 0.5) is 5.95 Å². The Morgan fingerprint density at radius 3 is 3.00 bits per heavy atom. The molecule has 1 aromatic heterocycles. The molecular formula is C13H17N5. The van der Waals surface area contributed by atoms with Gasteiger partial charge in [-0.15, -0.1) is 0 Å². The highest BCUT2D eigenvalue weighted by Gasteiger charge is 2.37. The molecule has 5 heteroatoms. The van der Waals surface area contributed by atoms with Crippen LogP contribution in [0, 0.1) is 23.2 Å². The smallest absolute Gasteiger partial charge is 0.226 e. The number of aromatic nitrogens is 2. The SMILES string of the molecule is N#Cc1ccnc(N2C[C@H]3CCC(N)C[C@H]3C2)n1. The zero-order chi connectivity index (χ0) is 12.5. The first-order valence-corrected chi connectivity index (χ1v) is 6.50. The molecule has 1 unspecified atom stereocenters. The van der Waals surface area contributed by atoms with E-state index in [-0.39, 0.29) is 0 Å². The lowest BCUT2D eigenvalue weighted by molar-refractivity contribution is 0.271. The number of hydrogen-bond donors (Lipinski definition) is 1. The largest absolute Gasteiger partial charge is 0.340 e. The summed E-state index contributed by atoms with van der Waals surface area (Å²) in [6.45, 7) is 1.99. The molecule has 0 aromatic carbocycles. The molecule has 0 amide bonds. The molecule has 3 rings (SSSR count). The molecule has 2 N–H and O–H groups in total. The molecule has 1 aliphatic carbocycles. The van der Waals surface area contributed by atoms with Gasteiger partial charge in [-0.1, -0.05) is 0 Å². The minimum absolute atomic E-state index is 0.359. The van der Waals surface area contributed by atoms with Crippen LogP contribution in [-0.2, 0) is 0 Å². The Bertz CT molecular complexity index is 481. The summed E-state index contributed by atoms with van der Waals surface area (Å²) in [6, 6.07) is 4.06. The molecule has 2 aliphatic rings. The standard InChI is InChI=1S/C13H17N5/c14-6-12-3-4-16-13(17-12)18-7-9-1-2-11(15)5-10(9)8-18/h3-4,9-11H,1-2,5,7-8,15H2/t9-,10+,11?/m1/s1. The number of nitrogens with two attached hydrogens (primary N) is 1. The van der Waals surface area contributed by atoms with Gasteiger partial charge in [0.2, 0.25) is 5.95 Å². The van der Waals surface area contributed by atoms with Gasteiger partial charge in [0.1, 0.15) is 11.8 Å². The Labute approximate surface area is 107 Å². The Hall–Kier alpha value is -1.67. The van der Waals surface area contributed by atoms with Gasteiger partial charge in [-0.05, 0) is 37.2 Å². The highest BCUT2D eigenvalue weighted by Crippen LogP contribution is 2.36. The van der Waals surface area contributed by atoms with Gasteiger partial charge in [0, 0.05) is 25.3 Å². The van der Waals surface area contributed by atoms with Crippen LogP contribution in [0.15, 0.2) is 12.3 Å². The number of nitrogens with zero attached hydrogens (tertiary/aromatic N) is 4. The molecule has 1 saturated carbocycles. The van der Waals surface area contributed by atoms with Crippen molar-refractivity contribution in [3.63, 3.8) is 0 Å². The average molecular weight is 243 g/mol. The molecular weight excluding hydrogens is 226 g/mol. The van der Waals surface area contributed by atoms with E-state index >= 15 is 0 Å². The van der Waals surface area contributed by atoms with Crippen molar-refractivity contribution in [2.24, 2.45) is 17.6 Å². The number of fused-ring (bicyclic) bond motifs is 1. The lowest BCUT2D eigenvalue weighted by Crippen LogP contribution is -2.32. The predicted molar refractivity (Wildman–Crippen MR) is 67.8 cm³/mol. The summed E-state index contributed by atoms with van der Waals surface area (Å²) < 4.78 is 0. The second-order valence-corrected chi connectivity index (χ2v) is 5.35. The summed E-state index contributed by atoms with van der Waals surface area (Å²) in [5.74, 6) is 2.08. The van der Waals surface area contributed by atoms with Gasteiger partial charge >= 0.3 is 0 Å². The molecule has 3 atom stereocenters. The molecule has 1 saturated heterocycles. The van der Waals surface area contributed by atoms with Gasteiger partial charge < -0.3 is 10.6 Å². The van der Waals surface area contributed by atoms with E-state index < -0.39 is 0 Å². The minimum Gasteiger partial charge on any atom is -0.340 e. The third kappa shape index (κ3) is 2.04. The van der Waals surface area contributed by atoms with Gasteiger partial charge in [-0.2, -0.15) is 5.26 Å². The van der Waals surface area contributed by atoms with Crippen molar-refractivity contribution in [3.8, 4) is 6.07 Å². The third-order valence-electron chi connectivity index (χ3n) is 4.13. The van der Waals surface area contributed by atoms with Crippen molar-refractivity contribution < 1.29 is 0 Å². The van der Waals surface area contributed by atoms with E-state index in [1.54, 1.807) is 12.3 Å². The summed E-state index contributed by atoms with van der Waals surface area (Å²) in [5, 5.41) is 8.87. The maximum atomic E-state index is 8.87. The molecule has 1 aromatic rings. The van der Waals surface area contributed by atoms with E-state index in [0.717, 1.165) is 31.8 Å². The van der Waals surface area contributed by atoms with Crippen molar-refractivity contribution in [1.82, 2.24) is 9.97 Å². The van der Waals surface area contributed by atoms with E-state index in [4.69, 9.17) is 11.0 Å². The molecule has 5 nitrogen and oxygen atoms in total. The highest BCUT2D eigenvalue weighted by atomic mass is 15.3. The fourth-order valence-electron chi connectivity index (χ4n) is 3.19. The fourth-order valence-corrected chi connectivity index (χ4v) is 3.19. The summed E-state index contributed by atoms with van der Waals surface area (Å²) in [6.07, 6.45) is 5.11. The fraction of sp³-hybridized carbons (Fsp3) is 0.615. The van der Waals surface area contributed by atoms with Crippen LogP contribution < -0.4 is 10.6 Å². The Kier molecular flexibility index (Phi) is 2.88. The van der Waals surface area contributed by atoms with Gasteiger partial charge in [0.25, 0.3) is 0 Å². The lowest BCUT2D eigenvalue weighted by Gasteiger charge is -2.27. The molecule has 0 spiro atoms. The zero-order valence-electron chi connectivity index (χ0n) is 10.3. The van der Waals surface area contributed by atoms with Crippen molar-refractivity contribution in [1.29, 1.82) is 5.26 Å². The Morgan fingerprint density at radius 1 is 1.33 bits per heavy atom. The summed E-state index contributed by atoms with van der Waals surface area (Å²) in [7, 11) is 0. The van der Waals surface area contributed by atoms with Crippen molar-refractivity contribution in [2.75, 3.05) is 18.0 Å². The van der Waals surface area contributed by atoms with Crippen LogP contribution in [0.3, 0.4) is 0 Å². The van der Waals surface area contributed by atoms with Crippen molar-refractivity contribution >= 4 is 5.95 Å². The zero-order valence-corrected chi connectivity index (χ0v) is 10.3. The number of nitriles is 1. The van der Waals surface area contributed by atoms with Crippen LogP contribution in [0.1, 0.15) is 25.0 Å². The summed E-state index contributed by atoms with van der Waals surface area (Å²) in [4.78, 5) is 10.8. The second kappa shape index (κ2) is 4.54. The molecule has 2 fully saturated rings. The van der Waals surface area contributed by atoms with Crippen molar-refractivity contribution in [3.05, 3.63) is 18.0 Å². The van der Waals surface area contributed by atoms with E-state index in [0.29, 0.717) is 23.6 Å². The predicted octanol–water partition coefficient (Wildman–Crippen LogP) is 0.912. The molecule has 0 bridgehead atoms. The first kappa shape index (κ1) is 11.4. The lowest BCUT2D eigenvalue weighted by atomic mass is 9.79. The van der Waals surface area contributed by atoms with Gasteiger partial charge in [-0.25, -0.2) is 9.97 Å². The average Bonchev–Trinajstić information content (AvgIpc) is 2.81. The van der Waals surface area contributed by atoms with Crippen LogP contribution in [0.2, 0.25) is 0 Å². The Morgan fingerprint density at radius 2 is 2.17 bits per heavy atom. The number of rotatable bonds is 1. The van der Waals surface area contributed by atoms with E-state index in [1.807, 2.05) is 0 Å². The molecule has 94 valence electrons. The number of hydrogen-bond acceptors (Lipinski definition) is 5. The summed E-state index contributed by atoms with van der Waals surface area (Å²) in [5.41, 5.74) is 6.46. The van der Waals surface area contributed by atoms with Crippen LogP contribution in [-0.4, -0.2) is 29.1 Å². The highest BCUT2D eigenvalue weighted by molar-refractivity contribution is 5.35. The summed E-state index contributed by atoms with van der Waals surface area (Å²) >= 11 is 0. The first-order valence-electron chi connectivity index (χ1n) is 6.50. The molecule has 1 aliphatic heterocycles. The monoisotopic (exact) mass is 243 g/mol. The number of anilines is 1. The maximum absolute atomic E-state index is 8.87. The van der Waals surface area contributed by atoms with Gasteiger partial charge in [0.15, 0.2) is 0 Å². The normalized spacial score (nSPS) is 30.9. The van der Waals surface area contributed by atoms with Gasteiger partial charge in [0.05, 0.1) is 0 Å². The maximum Gasteiger partial charge on any atom is 0.226 e. The van der Waals surface area contributed by atoms with Crippen LogP contribution >= 0.6 is 0 Å². The second-order valence-electron chi connectivity index (χ2n) is 5.35. The molecule has 0 radical (unpaired) electrons. The third-order valence-corrected chi connectivity index (χ3v) is 4.13. The quantitative estimate of drug-likeness (QED) is 0.793. The van der Waals surface area contributed by atoms with E-state index in [1.165, 1.54) is 6.42 Å². The minimum atomic E-state index is 0.359. The molecule has 18 heavy (non-hydrogen) atoms. The van der Waals surface area contributed by atoms with E-state index in [2.05, 4.69) is 20.9 Å². The van der Waals surface area contributed by atoms with Gasteiger partial charge in [-0.3, -0.25) is 0 Å². The molecule has 2 heterocycles. The topological polar surface area (TPSA) is 78.8 Å². The van der Waals surface area contributed by atoms with Crippen LogP contribution in [0.5, 0.6) is 0 Å². The van der Waals surface area contributed by atoms with E-state index in [9.17, 15) is 0 Å². The van der Waals surface area contributed by atoms with Crippen LogP contribution in [0.25, 0.3) is 0 Å².